The van der Waals surface area contributed by atoms with Gasteiger partial charge in [-0.25, -0.2) is 4.98 Å². The Labute approximate surface area is 128 Å². The number of imidazole rings is 1. The number of H-pyrrole nitrogens is 1. The summed E-state index contributed by atoms with van der Waals surface area (Å²) in [4.78, 5) is 13.1. The smallest absolute Gasteiger partial charge is 0.110 e. The lowest BCUT2D eigenvalue weighted by Crippen LogP contribution is -2.50. The maximum Gasteiger partial charge on any atom is 0.110 e. The summed E-state index contributed by atoms with van der Waals surface area (Å²) < 4.78 is 0. The van der Waals surface area contributed by atoms with Crippen molar-refractivity contribution in [3.63, 3.8) is 0 Å². The van der Waals surface area contributed by atoms with E-state index in [4.69, 9.17) is 0 Å². The number of nitrogens with one attached hydrogen (secondary N) is 1. The molecule has 1 N–H and O–H groups in total. The van der Waals surface area contributed by atoms with Gasteiger partial charge >= 0.3 is 0 Å². The monoisotopic (exact) mass is 298 g/mol. The third-order valence-corrected chi connectivity index (χ3v) is 4.86. The maximum atomic E-state index is 4.55. The molecule has 0 bridgehead atoms. The fraction of sp³-hybridized carbons (Fsp3) is 0.800. The molecule has 2 aliphatic rings. The molecule has 2 atom stereocenters. The van der Waals surface area contributed by atoms with Gasteiger partial charge in [-0.3, -0.25) is 4.90 Å². The number of halogens is 1. The lowest BCUT2D eigenvalue weighted by atomic mass is 9.92. The van der Waals surface area contributed by atoms with Gasteiger partial charge < -0.3 is 9.88 Å². The second kappa shape index (κ2) is 7.43. The first-order valence-corrected chi connectivity index (χ1v) is 7.76. The van der Waals surface area contributed by atoms with Gasteiger partial charge in [-0.15, -0.1) is 12.4 Å². The molecule has 0 amide bonds. The average Bonchev–Trinajstić information content (AvgIpc) is 2.85. The molecule has 114 valence electrons. The Hall–Kier alpha value is -0.580. The summed E-state index contributed by atoms with van der Waals surface area (Å²) in [5, 5.41) is 0. The second-order valence-electron chi connectivity index (χ2n) is 6.13. The van der Waals surface area contributed by atoms with E-state index in [2.05, 4.69) is 26.8 Å². The Morgan fingerprint density at radius 1 is 1.10 bits per heavy atom. The Morgan fingerprint density at radius 2 is 1.85 bits per heavy atom. The molecule has 3 rings (SSSR count). The molecule has 2 unspecified atom stereocenters. The van der Waals surface area contributed by atoms with Crippen LogP contribution in [-0.2, 0) is 0 Å². The van der Waals surface area contributed by atoms with E-state index in [-0.39, 0.29) is 12.4 Å². The Bertz CT molecular complexity index is 373. The van der Waals surface area contributed by atoms with Gasteiger partial charge in [-0.1, -0.05) is 19.3 Å². The van der Waals surface area contributed by atoms with Crippen LogP contribution in [0.25, 0.3) is 0 Å². The zero-order chi connectivity index (χ0) is 13.1. The summed E-state index contributed by atoms with van der Waals surface area (Å²) in [6.07, 6.45) is 10.6. The molecule has 0 spiro atoms. The third-order valence-electron chi connectivity index (χ3n) is 4.86. The SMILES string of the molecule is CN1CCN(C2CCCCCC2c2ncc[nH]2)CC1.Cl. The molecule has 1 saturated heterocycles. The molecule has 4 nitrogen and oxygen atoms in total. The lowest BCUT2D eigenvalue weighted by Gasteiger charge is -2.40. The van der Waals surface area contributed by atoms with E-state index in [1.54, 1.807) is 0 Å². The van der Waals surface area contributed by atoms with Crippen LogP contribution in [-0.4, -0.2) is 59.0 Å². The fourth-order valence-electron chi connectivity index (χ4n) is 3.68. The third kappa shape index (κ3) is 3.54. The molecule has 0 aromatic carbocycles. The van der Waals surface area contributed by atoms with Crippen LogP contribution >= 0.6 is 12.4 Å². The lowest BCUT2D eigenvalue weighted by molar-refractivity contribution is 0.0916. The molecule has 1 aliphatic heterocycles. The highest BCUT2D eigenvalue weighted by atomic mass is 35.5. The topological polar surface area (TPSA) is 35.2 Å². The zero-order valence-corrected chi connectivity index (χ0v) is 13.2. The van der Waals surface area contributed by atoms with Crippen molar-refractivity contribution in [3.05, 3.63) is 18.2 Å². The number of likely N-dealkylation sites (N-methyl/N-ethyl adjacent to an activating group) is 1. The quantitative estimate of drug-likeness (QED) is 0.852. The molecule has 1 aromatic heterocycles. The Kier molecular flexibility index (Phi) is 5.87. The van der Waals surface area contributed by atoms with E-state index in [0.717, 1.165) is 0 Å². The van der Waals surface area contributed by atoms with Gasteiger partial charge in [0.2, 0.25) is 0 Å². The van der Waals surface area contributed by atoms with Crippen LogP contribution in [0.5, 0.6) is 0 Å². The number of piperazine rings is 1. The number of nitrogens with zero attached hydrogens (tertiary/aromatic N) is 3. The summed E-state index contributed by atoms with van der Waals surface area (Å²) in [6.45, 7) is 4.86. The molecule has 2 heterocycles. The summed E-state index contributed by atoms with van der Waals surface area (Å²) in [7, 11) is 2.23. The molecular formula is C15H27ClN4. The first-order chi connectivity index (χ1) is 9.34. The van der Waals surface area contributed by atoms with Gasteiger partial charge in [-0.05, 0) is 19.9 Å². The van der Waals surface area contributed by atoms with Crippen LogP contribution < -0.4 is 0 Å². The van der Waals surface area contributed by atoms with Crippen molar-refractivity contribution in [3.8, 4) is 0 Å². The van der Waals surface area contributed by atoms with Crippen LogP contribution in [0.15, 0.2) is 12.4 Å². The van der Waals surface area contributed by atoms with Crippen molar-refractivity contribution < 1.29 is 0 Å². The largest absolute Gasteiger partial charge is 0.348 e. The number of hydrogen-bond acceptors (Lipinski definition) is 3. The van der Waals surface area contributed by atoms with Gasteiger partial charge in [-0.2, -0.15) is 0 Å². The molecule has 20 heavy (non-hydrogen) atoms. The van der Waals surface area contributed by atoms with Gasteiger partial charge in [0.15, 0.2) is 0 Å². The fourth-order valence-corrected chi connectivity index (χ4v) is 3.68. The number of aromatic amines is 1. The van der Waals surface area contributed by atoms with Crippen LogP contribution in [0, 0.1) is 0 Å². The first kappa shape index (κ1) is 15.8. The van der Waals surface area contributed by atoms with Crippen molar-refractivity contribution in [2.45, 2.75) is 44.1 Å². The Balaban J connectivity index is 0.00000147. The highest BCUT2D eigenvalue weighted by molar-refractivity contribution is 5.85. The van der Waals surface area contributed by atoms with Crippen LogP contribution in [0.4, 0.5) is 0 Å². The molecule has 0 radical (unpaired) electrons. The van der Waals surface area contributed by atoms with Gasteiger partial charge in [0.1, 0.15) is 5.82 Å². The second-order valence-corrected chi connectivity index (χ2v) is 6.13. The normalized spacial score (nSPS) is 29.6. The van der Waals surface area contributed by atoms with E-state index in [9.17, 15) is 0 Å². The van der Waals surface area contributed by atoms with Crippen molar-refractivity contribution in [2.75, 3.05) is 33.2 Å². The molecule has 1 saturated carbocycles. The minimum atomic E-state index is 0. The van der Waals surface area contributed by atoms with Crippen molar-refractivity contribution in [2.24, 2.45) is 0 Å². The minimum Gasteiger partial charge on any atom is -0.348 e. The average molecular weight is 299 g/mol. The Morgan fingerprint density at radius 3 is 2.55 bits per heavy atom. The predicted octanol–water partition coefficient (Wildman–Crippen LogP) is 2.50. The number of hydrogen-bond donors (Lipinski definition) is 1. The van der Waals surface area contributed by atoms with Crippen molar-refractivity contribution >= 4 is 12.4 Å². The van der Waals surface area contributed by atoms with Gasteiger partial charge in [0.05, 0.1) is 0 Å². The van der Waals surface area contributed by atoms with Crippen LogP contribution in [0.3, 0.4) is 0 Å². The van der Waals surface area contributed by atoms with E-state index in [0.29, 0.717) is 12.0 Å². The van der Waals surface area contributed by atoms with Crippen LogP contribution in [0.2, 0.25) is 0 Å². The minimum absolute atomic E-state index is 0. The standard InChI is InChI=1S/C15H26N4.ClH/c1-18-9-11-19(12-10-18)14-6-4-2-3-5-13(14)15-16-7-8-17-15;/h7-8,13-14H,2-6,9-12H2,1H3,(H,16,17);1H. The van der Waals surface area contributed by atoms with Crippen molar-refractivity contribution in [1.29, 1.82) is 0 Å². The van der Waals surface area contributed by atoms with E-state index in [1.807, 2.05) is 12.4 Å². The first-order valence-electron chi connectivity index (χ1n) is 7.76. The molecule has 5 heteroatoms. The molecule has 2 fully saturated rings. The maximum absolute atomic E-state index is 4.55. The van der Waals surface area contributed by atoms with E-state index < -0.39 is 0 Å². The summed E-state index contributed by atoms with van der Waals surface area (Å²) in [6, 6.07) is 0.697. The van der Waals surface area contributed by atoms with E-state index >= 15 is 0 Å². The molecular weight excluding hydrogens is 272 g/mol. The summed E-state index contributed by atoms with van der Waals surface area (Å²) in [5.41, 5.74) is 0. The highest BCUT2D eigenvalue weighted by Crippen LogP contribution is 2.33. The number of aromatic nitrogens is 2. The summed E-state index contributed by atoms with van der Waals surface area (Å²) in [5.74, 6) is 1.83. The highest BCUT2D eigenvalue weighted by Gasteiger charge is 2.32. The predicted molar refractivity (Wildman–Crippen MR) is 84.5 cm³/mol. The van der Waals surface area contributed by atoms with Gasteiger partial charge in [0, 0.05) is 50.5 Å². The van der Waals surface area contributed by atoms with Crippen molar-refractivity contribution in [1.82, 2.24) is 19.8 Å². The zero-order valence-electron chi connectivity index (χ0n) is 12.4. The molecule has 1 aliphatic carbocycles. The molecule has 1 aromatic rings. The summed E-state index contributed by atoms with van der Waals surface area (Å²) >= 11 is 0. The number of rotatable bonds is 2. The van der Waals surface area contributed by atoms with Crippen LogP contribution in [0.1, 0.15) is 43.8 Å². The van der Waals surface area contributed by atoms with E-state index in [1.165, 1.54) is 64.1 Å². The van der Waals surface area contributed by atoms with Gasteiger partial charge in [0.25, 0.3) is 0 Å².